The summed E-state index contributed by atoms with van der Waals surface area (Å²) < 4.78 is 1.06. The van der Waals surface area contributed by atoms with Gasteiger partial charge in [-0.05, 0) is 53.7 Å². The predicted molar refractivity (Wildman–Crippen MR) is 90.8 cm³/mol. The summed E-state index contributed by atoms with van der Waals surface area (Å²) in [5.41, 5.74) is 6.00. The van der Waals surface area contributed by atoms with Crippen molar-refractivity contribution in [3.05, 3.63) is 27.0 Å². The summed E-state index contributed by atoms with van der Waals surface area (Å²) >= 11 is 6.54. The molecule has 4 nitrogen and oxygen atoms in total. The molecule has 0 bridgehead atoms. The number of aromatic nitrogens is 1. The van der Waals surface area contributed by atoms with Crippen molar-refractivity contribution in [2.75, 3.05) is 6.54 Å². The molecular weight excluding hydrogens is 370 g/mol. The lowest BCUT2D eigenvalue weighted by Gasteiger charge is -2.29. The van der Waals surface area contributed by atoms with Crippen molar-refractivity contribution in [3.8, 4) is 9.88 Å². The van der Waals surface area contributed by atoms with Gasteiger partial charge in [0.1, 0.15) is 10.7 Å². The van der Waals surface area contributed by atoms with Crippen molar-refractivity contribution in [1.82, 2.24) is 10.3 Å². The van der Waals surface area contributed by atoms with Crippen LogP contribution in [0.3, 0.4) is 0 Å². The molecule has 0 radical (unpaired) electrons. The summed E-state index contributed by atoms with van der Waals surface area (Å²) in [7, 11) is 0. The second-order valence-electron chi connectivity index (χ2n) is 5.49. The summed E-state index contributed by atoms with van der Waals surface area (Å²) in [6.07, 6.45) is 2.28. The van der Waals surface area contributed by atoms with Gasteiger partial charge >= 0.3 is 0 Å². The fourth-order valence-corrected chi connectivity index (χ4v) is 4.54. The molecule has 1 aliphatic rings. The number of nitrogens with zero attached hydrogens (tertiary/aromatic N) is 1. The second kappa shape index (κ2) is 5.79. The van der Waals surface area contributed by atoms with E-state index in [4.69, 9.17) is 5.73 Å². The van der Waals surface area contributed by atoms with Crippen LogP contribution in [0.4, 0.5) is 0 Å². The third-order valence-electron chi connectivity index (χ3n) is 3.82. The number of thiophene rings is 1. The molecule has 3 rings (SSSR count). The van der Waals surface area contributed by atoms with Gasteiger partial charge in [-0.25, -0.2) is 4.98 Å². The van der Waals surface area contributed by atoms with E-state index >= 15 is 0 Å². The van der Waals surface area contributed by atoms with Crippen LogP contribution in [-0.2, 0) is 0 Å². The Balaban J connectivity index is 1.75. The van der Waals surface area contributed by atoms with Gasteiger partial charge in [0.15, 0.2) is 0 Å². The van der Waals surface area contributed by atoms with E-state index in [0.29, 0.717) is 18.2 Å². The number of carbonyl (C=O) groups excluding carboxylic acids is 1. The Morgan fingerprint density at radius 3 is 2.90 bits per heavy atom. The minimum absolute atomic E-state index is 0.132. The van der Waals surface area contributed by atoms with Crippen molar-refractivity contribution in [1.29, 1.82) is 0 Å². The molecule has 7 heteroatoms. The molecule has 112 valence electrons. The molecule has 0 aromatic carbocycles. The average Bonchev–Trinajstić information content (AvgIpc) is 3.05. The fourth-order valence-electron chi connectivity index (χ4n) is 2.28. The zero-order valence-electron chi connectivity index (χ0n) is 11.6. The molecule has 21 heavy (non-hydrogen) atoms. The maximum absolute atomic E-state index is 12.4. The van der Waals surface area contributed by atoms with Crippen molar-refractivity contribution in [2.24, 2.45) is 11.7 Å². The second-order valence-corrected chi connectivity index (χ2v) is 8.81. The largest absolute Gasteiger partial charge is 0.344 e. The standard InChI is InChI=1S/C14H16BrN3OS2/c1-14(7-16,8-2-3-8)18-12(19)9-6-20-13(17-9)10-4-5-11(15)21-10/h4-6,8H,2-3,7,16H2,1H3,(H,18,19). The van der Waals surface area contributed by atoms with E-state index in [1.807, 2.05) is 24.4 Å². The third kappa shape index (κ3) is 3.21. The molecule has 1 saturated carbocycles. The van der Waals surface area contributed by atoms with Crippen LogP contribution in [0.25, 0.3) is 9.88 Å². The van der Waals surface area contributed by atoms with Crippen LogP contribution in [0, 0.1) is 5.92 Å². The first-order valence-electron chi connectivity index (χ1n) is 6.75. The molecule has 1 aliphatic carbocycles. The number of thiazole rings is 1. The normalized spacial score (nSPS) is 17.5. The molecule has 0 spiro atoms. The van der Waals surface area contributed by atoms with E-state index in [-0.39, 0.29) is 11.4 Å². The highest BCUT2D eigenvalue weighted by Crippen LogP contribution is 2.39. The molecular formula is C14H16BrN3OS2. The van der Waals surface area contributed by atoms with E-state index < -0.39 is 0 Å². The van der Waals surface area contributed by atoms with E-state index in [0.717, 1.165) is 26.5 Å². The van der Waals surface area contributed by atoms with Gasteiger partial charge in [0.05, 0.1) is 14.2 Å². The lowest BCUT2D eigenvalue weighted by molar-refractivity contribution is 0.0893. The van der Waals surface area contributed by atoms with E-state index in [9.17, 15) is 4.79 Å². The number of nitrogens with one attached hydrogen (secondary N) is 1. The van der Waals surface area contributed by atoms with Crippen LogP contribution in [0.5, 0.6) is 0 Å². The van der Waals surface area contributed by atoms with E-state index in [2.05, 4.69) is 26.2 Å². The van der Waals surface area contributed by atoms with Crippen LogP contribution in [0.1, 0.15) is 30.3 Å². The van der Waals surface area contributed by atoms with Crippen molar-refractivity contribution < 1.29 is 4.79 Å². The summed E-state index contributed by atoms with van der Waals surface area (Å²) in [6, 6.07) is 3.99. The first-order chi connectivity index (χ1) is 10.0. The first kappa shape index (κ1) is 15.1. The average molecular weight is 386 g/mol. The molecule has 3 N–H and O–H groups in total. The molecule has 0 aliphatic heterocycles. The Morgan fingerprint density at radius 1 is 1.57 bits per heavy atom. The summed E-state index contributed by atoms with van der Waals surface area (Å²) in [5, 5.41) is 5.75. The molecule has 2 aromatic rings. The predicted octanol–water partition coefficient (Wildman–Crippen LogP) is 3.49. The maximum Gasteiger partial charge on any atom is 0.271 e. The van der Waals surface area contributed by atoms with Crippen LogP contribution in [0.2, 0.25) is 0 Å². The lowest BCUT2D eigenvalue weighted by Crippen LogP contribution is -2.53. The Labute approximate surface area is 139 Å². The minimum atomic E-state index is -0.313. The Hall–Kier alpha value is -0.760. The monoisotopic (exact) mass is 385 g/mol. The number of carbonyl (C=O) groups is 1. The molecule has 1 fully saturated rings. The number of amides is 1. The van der Waals surface area contributed by atoms with Gasteiger partial charge in [0.2, 0.25) is 0 Å². The SMILES string of the molecule is CC(CN)(NC(=O)c1csc(-c2ccc(Br)s2)n1)C1CC1. The van der Waals surface area contributed by atoms with Gasteiger partial charge in [-0.2, -0.15) is 0 Å². The summed E-state index contributed by atoms with van der Waals surface area (Å²) in [5.74, 6) is 0.366. The smallest absolute Gasteiger partial charge is 0.271 e. The van der Waals surface area contributed by atoms with Crippen molar-refractivity contribution >= 4 is 44.5 Å². The Bertz CT molecular complexity index is 665. The molecule has 0 saturated heterocycles. The zero-order chi connectivity index (χ0) is 15.0. The fraction of sp³-hybridized carbons (Fsp3) is 0.429. The van der Waals surface area contributed by atoms with Crippen molar-refractivity contribution in [2.45, 2.75) is 25.3 Å². The number of rotatable bonds is 5. The summed E-state index contributed by atoms with van der Waals surface area (Å²) in [6.45, 7) is 2.48. The molecule has 1 amide bonds. The number of nitrogens with two attached hydrogens (primary N) is 1. The highest BCUT2D eigenvalue weighted by atomic mass is 79.9. The molecule has 2 aromatic heterocycles. The van der Waals surface area contributed by atoms with Gasteiger partial charge in [-0.15, -0.1) is 22.7 Å². The quantitative estimate of drug-likeness (QED) is 0.827. The summed E-state index contributed by atoms with van der Waals surface area (Å²) in [4.78, 5) is 17.9. The maximum atomic E-state index is 12.4. The Kier molecular flexibility index (Phi) is 4.18. The third-order valence-corrected chi connectivity index (χ3v) is 6.46. The number of hydrogen-bond acceptors (Lipinski definition) is 5. The first-order valence-corrected chi connectivity index (χ1v) is 9.24. The number of hydrogen-bond donors (Lipinski definition) is 2. The van der Waals surface area contributed by atoms with Gasteiger partial charge in [-0.3, -0.25) is 4.79 Å². The van der Waals surface area contributed by atoms with Crippen LogP contribution in [0.15, 0.2) is 21.3 Å². The van der Waals surface area contributed by atoms with Crippen LogP contribution in [-0.4, -0.2) is 23.0 Å². The highest BCUT2D eigenvalue weighted by Gasteiger charge is 2.41. The van der Waals surface area contributed by atoms with Crippen LogP contribution < -0.4 is 11.1 Å². The molecule has 2 heterocycles. The number of halogens is 1. The molecule has 1 unspecified atom stereocenters. The Morgan fingerprint density at radius 2 is 2.33 bits per heavy atom. The molecule has 1 atom stereocenters. The van der Waals surface area contributed by atoms with Crippen LogP contribution >= 0.6 is 38.6 Å². The van der Waals surface area contributed by atoms with E-state index in [1.165, 1.54) is 11.3 Å². The van der Waals surface area contributed by atoms with Crippen molar-refractivity contribution in [3.63, 3.8) is 0 Å². The van der Waals surface area contributed by atoms with Gasteiger partial charge in [0, 0.05) is 11.9 Å². The van der Waals surface area contributed by atoms with E-state index in [1.54, 1.807) is 11.3 Å². The zero-order valence-corrected chi connectivity index (χ0v) is 14.8. The van der Waals surface area contributed by atoms with Gasteiger partial charge in [0.25, 0.3) is 5.91 Å². The van der Waals surface area contributed by atoms with Gasteiger partial charge < -0.3 is 11.1 Å². The highest BCUT2D eigenvalue weighted by molar-refractivity contribution is 9.11. The lowest BCUT2D eigenvalue weighted by atomic mass is 9.96. The van der Waals surface area contributed by atoms with Gasteiger partial charge in [-0.1, -0.05) is 0 Å². The topological polar surface area (TPSA) is 68.0 Å². The minimum Gasteiger partial charge on any atom is -0.344 e.